The second kappa shape index (κ2) is 16.1. The molecule has 2 fully saturated rings. The van der Waals surface area contributed by atoms with Gasteiger partial charge in [-0.25, -0.2) is 4.39 Å². The molecule has 2 bridgehead atoms. The van der Waals surface area contributed by atoms with Gasteiger partial charge < -0.3 is 40.1 Å². The summed E-state index contributed by atoms with van der Waals surface area (Å²) in [6, 6.07) is 7.03. The van der Waals surface area contributed by atoms with E-state index < -0.39 is 0 Å². The van der Waals surface area contributed by atoms with E-state index >= 15 is 0 Å². The first-order valence-electron chi connectivity index (χ1n) is 11.8. The van der Waals surface area contributed by atoms with E-state index in [4.69, 9.17) is 33.5 Å². The molecule has 2 aliphatic heterocycles. The Kier molecular flexibility index (Phi) is 14.0. The molecule has 1 amide bonds. The molecule has 0 spiro atoms. The average Bonchev–Trinajstić information content (AvgIpc) is 3.14. The van der Waals surface area contributed by atoms with Crippen LogP contribution in [-0.4, -0.2) is 85.1 Å². The maximum absolute atomic E-state index is 13.5. The van der Waals surface area contributed by atoms with Crippen molar-refractivity contribution >= 4 is 37.1 Å². The molecule has 0 N–H and O–H groups in total. The Morgan fingerprint density at radius 3 is 2.51 bits per heavy atom. The quantitative estimate of drug-likeness (QED) is 0.265. The van der Waals surface area contributed by atoms with Crippen molar-refractivity contribution in [1.29, 1.82) is 0 Å². The fraction of sp³-hybridized carbons (Fsp3) is 0.667. The van der Waals surface area contributed by atoms with Gasteiger partial charge in [-0.15, -0.1) is 0 Å². The predicted octanol–water partition coefficient (Wildman–Crippen LogP) is 2.50. The predicted molar refractivity (Wildman–Crippen MR) is 132 cm³/mol. The molecule has 2 aliphatic rings. The molecule has 0 aromatic heterocycles. The molecule has 194 valence electrons. The molecule has 2 heterocycles. The Hall–Kier alpha value is -0.841. The average molecular weight is 609 g/mol. The van der Waals surface area contributed by atoms with Crippen LogP contribution in [0, 0.1) is 11.7 Å². The summed E-state index contributed by atoms with van der Waals surface area (Å²) in [7, 11) is 1.44. The number of nitrogens with zero attached hydrogens (tertiary/aromatic N) is 3. The van der Waals surface area contributed by atoms with Crippen LogP contribution in [0.2, 0.25) is 0 Å². The summed E-state index contributed by atoms with van der Waals surface area (Å²) in [4.78, 5) is 29.4. The minimum absolute atomic E-state index is 0.0344. The topological polar surface area (TPSA) is 81.0 Å². The van der Waals surface area contributed by atoms with Crippen LogP contribution in [0.1, 0.15) is 37.2 Å². The number of benzene rings is 1. The first-order chi connectivity index (χ1) is 17.0. The van der Waals surface area contributed by atoms with E-state index in [1.165, 1.54) is 19.2 Å². The molecule has 0 aliphatic carbocycles. The van der Waals surface area contributed by atoms with Gasteiger partial charge in [-0.2, -0.15) is 18.1 Å². The van der Waals surface area contributed by atoms with Crippen LogP contribution in [0.5, 0.6) is 0 Å². The van der Waals surface area contributed by atoms with Gasteiger partial charge in [0.05, 0.1) is 18.9 Å². The van der Waals surface area contributed by atoms with Crippen LogP contribution < -0.4 is 0 Å². The fourth-order valence-corrected chi connectivity index (χ4v) is 5.81. The van der Waals surface area contributed by atoms with Crippen LogP contribution in [0.25, 0.3) is 5.32 Å². The SMILES string of the molecule is COC(=O)C1C(c2ccc(F)cc2)CC2CCC1N2CCCN(CC[S-])CC(=O)[N-]CC[S-].[O]=[Tc+3]. The molecule has 2 saturated heterocycles. The Balaban J connectivity index is 0.00000210. The van der Waals surface area contributed by atoms with Crippen molar-refractivity contribution in [3.05, 3.63) is 41.0 Å². The number of carbonyl (C=O) groups is 2. The number of rotatable bonds is 12. The number of hydrogen-bond acceptors (Lipinski definition) is 8. The molecular formula is C24H33FN3O4S2Tc. The first kappa shape index (κ1) is 30.4. The van der Waals surface area contributed by atoms with Crippen molar-refractivity contribution in [2.45, 2.75) is 43.7 Å². The summed E-state index contributed by atoms with van der Waals surface area (Å²) >= 11 is 10.9. The number of methoxy groups -OCH3 is 1. The van der Waals surface area contributed by atoms with Gasteiger partial charge >= 0.3 is 28.3 Å². The molecule has 1 aromatic rings. The molecule has 4 atom stereocenters. The summed E-state index contributed by atoms with van der Waals surface area (Å²) in [5.74, 6) is 0.176. The third kappa shape index (κ3) is 8.61. The number of carbonyl (C=O) groups excluding carboxylic acids is 2. The zero-order valence-electron chi connectivity index (χ0n) is 19.9. The number of piperidine rings is 1. The second-order valence-electron chi connectivity index (χ2n) is 8.79. The number of fused-ring (bicyclic) bond motifs is 2. The minimum atomic E-state index is -0.271. The van der Waals surface area contributed by atoms with Gasteiger partial charge in [0.1, 0.15) is 5.82 Å². The van der Waals surface area contributed by atoms with Gasteiger partial charge in [-0.1, -0.05) is 12.1 Å². The Bertz CT molecular complexity index is 807. The van der Waals surface area contributed by atoms with E-state index in [-0.39, 0.29) is 42.1 Å². The third-order valence-electron chi connectivity index (χ3n) is 6.87. The number of amides is 1. The molecule has 3 rings (SSSR count). The molecule has 1 aromatic carbocycles. The zero-order chi connectivity index (χ0) is 25.8. The van der Waals surface area contributed by atoms with Crippen molar-refractivity contribution in [3.8, 4) is 0 Å². The maximum atomic E-state index is 13.5. The number of esters is 1. The van der Waals surface area contributed by atoms with Crippen molar-refractivity contribution in [3.63, 3.8) is 0 Å². The number of hydrogen-bond donors (Lipinski definition) is 0. The summed E-state index contributed by atoms with van der Waals surface area (Å²) in [6.07, 6.45) is 3.74. The van der Waals surface area contributed by atoms with Gasteiger partial charge in [0.25, 0.3) is 0 Å². The Morgan fingerprint density at radius 1 is 1.17 bits per heavy atom. The van der Waals surface area contributed by atoms with Gasteiger partial charge in [0.15, 0.2) is 0 Å². The van der Waals surface area contributed by atoms with E-state index in [0.717, 1.165) is 63.2 Å². The molecule has 4 unspecified atom stereocenters. The van der Waals surface area contributed by atoms with Crippen LogP contribution in [0.4, 0.5) is 4.39 Å². The van der Waals surface area contributed by atoms with Crippen molar-refractivity contribution in [2.75, 3.05) is 51.3 Å². The van der Waals surface area contributed by atoms with Gasteiger partial charge in [0, 0.05) is 24.5 Å². The monoisotopic (exact) mass is 607 g/mol. The fourth-order valence-electron chi connectivity index (χ4n) is 5.46. The standard InChI is InChI=1S/C24H36FN3O3S2.O.Tc/c1-31-24(30)23-20(17-3-5-18(25)6-4-17)15-19-7-8-21(23)28(19)11-2-10-27(12-14-33)16-22(29)26-9-13-32;;/h3-6,19-21,23H,2,7-16H2,1H3,(H3,26,29,32,33);;/q;;+3/p-3. The summed E-state index contributed by atoms with van der Waals surface area (Å²) in [5, 5.41) is 3.97. The normalized spacial score (nSPS) is 23.4. The first-order valence-corrected chi connectivity index (χ1v) is 13.7. The van der Waals surface area contributed by atoms with Crippen molar-refractivity contribution in [1.82, 2.24) is 9.80 Å². The molecule has 35 heavy (non-hydrogen) atoms. The third-order valence-corrected chi connectivity index (χ3v) is 7.24. The summed E-state index contributed by atoms with van der Waals surface area (Å²) < 4.78 is 26.9. The van der Waals surface area contributed by atoms with E-state index in [0.29, 0.717) is 30.6 Å². The van der Waals surface area contributed by atoms with E-state index in [1.807, 2.05) is 0 Å². The Morgan fingerprint density at radius 2 is 1.89 bits per heavy atom. The molecule has 0 radical (unpaired) electrons. The second-order valence-corrected chi connectivity index (χ2v) is 9.61. The van der Waals surface area contributed by atoms with Crippen molar-refractivity contribution < 1.29 is 41.1 Å². The number of halogens is 1. The van der Waals surface area contributed by atoms with E-state index in [2.05, 4.69) is 15.1 Å². The molecular weight excluding hydrogens is 575 g/mol. The molecule has 0 saturated carbocycles. The number of ether oxygens (including phenoxy) is 1. The zero-order valence-corrected chi connectivity index (χ0v) is 23.4. The van der Waals surface area contributed by atoms with E-state index in [1.54, 1.807) is 12.1 Å². The summed E-state index contributed by atoms with van der Waals surface area (Å²) in [6.45, 7) is 2.94. The van der Waals surface area contributed by atoms with Crippen LogP contribution in [0.3, 0.4) is 0 Å². The van der Waals surface area contributed by atoms with E-state index in [9.17, 15) is 14.0 Å². The van der Waals surface area contributed by atoms with Crippen LogP contribution in [-0.2, 0) is 61.9 Å². The van der Waals surface area contributed by atoms with Gasteiger partial charge in [-0.3, -0.25) is 14.6 Å². The van der Waals surface area contributed by atoms with Crippen LogP contribution in [0.15, 0.2) is 24.3 Å². The van der Waals surface area contributed by atoms with Crippen LogP contribution >= 0.6 is 0 Å². The van der Waals surface area contributed by atoms with Crippen molar-refractivity contribution in [2.24, 2.45) is 5.92 Å². The molecule has 7 nitrogen and oxygen atoms in total. The van der Waals surface area contributed by atoms with Gasteiger partial charge in [0.2, 0.25) is 0 Å². The Labute approximate surface area is 229 Å². The van der Waals surface area contributed by atoms with Gasteiger partial charge in [-0.05, 0) is 63.0 Å². The summed E-state index contributed by atoms with van der Waals surface area (Å²) in [5.41, 5.74) is 1.00. The molecule has 11 heteroatoms.